The fourth-order valence-corrected chi connectivity index (χ4v) is 1.63. The van der Waals surface area contributed by atoms with E-state index in [0.29, 0.717) is 5.75 Å². The molecule has 0 aliphatic heterocycles. The zero-order chi connectivity index (χ0) is 13.5. The topological polar surface area (TPSA) is 78.7 Å². The van der Waals surface area contributed by atoms with Crippen molar-refractivity contribution in [2.75, 3.05) is 20.8 Å². The molecule has 0 fully saturated rings. The Labute approximate surface area is 105 Å². The molecule has 0 N–H and O–H groups in total. The van der Waals surface area contributed by atoms with Gasteiger partial charge in [0.2, 0.25) is 6.54 Å². The van der Waals surface area contributed by atoms with E-state index < -0.39 is 16.8 Å². The third-order valence-electron chi connectivity index (χ3n) is 2.60. The van der Waals surface area contributed by atoms with Crippen molar-refractivity contribution in [1.29, 1.82) is 0 Å². The maximum absolute atomic E-state index is 11.2. The fourth-order valence-electron chi connectivity index (χ4n) is 1.63. The number of ether oxygens (including phenoxy) is 2. The molecule has 1 rings (SSSR count). The minimum Gasteiger partial charge on any atom is -0.497 e. The van der Waals surface area contributed by atoms with Crippen LogP contribution in [0, 0.1) is 10.1 Å². The van der Waals surface area contributed by atoms with Crippen LogP contribution in [0.25, 0.3) is 0 Å². The Morgan fingerprint density at radius 2 is 1.94 bits per heavy atom. The summed E-state index contributed by atoms with van der Waals surface area (Å²) in [4.78, 5) is 21.4. The minimum atomic E-state index is -0.488. The number of methoxy groups -OCH3 is 2. The molecular weight excluding hydrogens is 238 g/mol. The summed E-state index contributed by atoms with van der Waals surface area (Å²) in [5.41, 5.74) is 0.720. The predicted molar refractivity (Wildman–Crippen MR) is 64.2 cm³/mol. The van der Waals surface area contributed by atoms with Crippen molar-refractivity contribution >= 4 is 5.97 Å². The molecule has 0 saturated heterocycles. The first-order chi connectivity index (χ1) is 8.56. The SMILES string of the molecule is COC(=O)CC(C[N+](=O)[O-])c1ccc(OC)cc1. The third-order valence-corrected chi connectivity index (χ3v) is 2.60. The Morgan fingerprint density at radius 3 is 2.39 bits per heavy atom. The molecule has 6 heteroatoms. The normalized spacial score (nSPS) is 11.7. The second-order valence-corrected chi connectivity index (χ2v) is 3.77. The van der Waals surface area contributed by atoms with Gasteiger partial charge in [-0.05, 0) is 17.7 Å². The Morgan fingerprint density at radius 1 is 1.33 bits per heavy atom. The van der Waals surface area contributed by atoms with Crippen LogP contribution in [0.2, 0.25) is 0 Å². The number of benzene rings is 1. The first kappa shape index (κ1) is 14.0. The van der Waals surface area contributed by atoms with Gasteiger partial charge in [0.1, 0.15) is 5.75 Å². The van der Waals surface area contributed by atoms with Gasteiger partial charge >= 0.3 is 5.97 Å². The van der Waals surface area contributed by atoms with Crippen molar-refractivity contribution in [2.24, 2.45) is 0 Å². The Hall–Kier alpha value is -2.11. The number of hydrogen-bond acceptors (Lipinski definition) is 5. The monoisotopic (exact) mass is 253 g/mol. The van der Waals surface area contributed by atoms with Gasteiger partial charge in [0.05, 0.1) is 26.6 Å². The first-order valence-electron chi connectivity index (χ1n) is 5.39. The molecule has 0 aromatic heterocycles. The predicted octanol–water partition coefficient (Wildman–Crippen LogP) is 1.62. The minimum absolute atomic E-state index is 0.0101. The molecule has 1 aromatic carbocycles. The van der Waals surface area contributed by atoms with Crippen molar-refractivity contribution in [3.8, 4) is 5.75 Å². The van der Waals surface area contributed by atoms with Crippen LogP contribution < -0.4 is 4.74 Å². The molecule has 6 nitrogen and oxygen atoms in total. The second-order valence-electron chi connectivity index (χ2n) is 3.77. The summed E-state index contributed by atoms with van der Waals surface area (Å²) in [5, 5.41) is 10.6. The third kappa shape index (κ3) is 4.04. The van der Waals surface area contributed by atoms with E-state index in [4.69, 9.17) is 4.74 Å². The summed E-state index contributed by atoms with van der Waals surface area (Å²) in [6, 6.07) is 6.85. The van der Waals surface area contributed by atoms with Crippen LogP contribution in [0.5, 0.6) is 5.75 Å². The number of carbonyl (C=O) groups is 1. The molecule has 1 unspecified atom stereocenters. The number of nitrogens with zero attached hydrogens (tertiary/aromatic N) is 1. The van der Waals surface area contributed by atoms with E-state index in [0.717, 1.165) is 5.56 Å². The molecule has 1 atom stereocenters. The molecule has 0 amide bonds. The molecule has 1 aromatic rings. The van der Waals surface area contributed by atoms with Crippen molar-refractivity contribution < 1.29 is 19.2 Å². The average Bonchev–Trinajstić information content (AvgIpc) is 2.37. The van der Waals surface area contributed by atoms with Crippen molar-refractivity contribution in [3.05, 3.63) is 39.9 Å². The van der Waals surface area contributed by atoms with Crippen molar-refractivity contribution in [2.45, 2.75) is 12.3 Å². The lowest BCUT2D eigenvalue weighted by Gasteiger charge is -2.12. The molecule has 98 valence electrons. The maximum atomic E-state index is 11.2. The van der Waals surface area contributed by atoms with E-state index in [2.05, 4.69) is 4.74 Å². The van der Waals surface area contributed by atoms with E-state index in [-0.39, 0.29) is 13.0 Å². The molecule has 0 radical (unpaired) electrons. The van der Waals surface area contributed by atoms with Crippen LogP contribution in [-0.2, 0) is 9.53 Å². The molecule has 0 spiro atoms. The highest BCUT2D eigenvalue weighted by molar-refractivity contribution is 5.70. The van der Waals surface area contributed by atoms with Gasteiger partial charge in [0, 0.05) is 4.92 Å². The van der Waals surface area contributed by atoms with E-state index in [1.54, 1.807) is 24.3 Å². The van der Waals surface area contributed by atoms with Gasteiger partial charge in [-0.3, -0.25) is 14.9 Å². The van der Waals surface area contributed by atoms with Crippen LogP contribution in [-0.4, -0.2) is 31.7 Å². The molecule has 0 heterocycles. The molecule has 0 aliphatic carbocycles. The van der Waals surface area contributed by atoms with Crippen LogP contribution in [0.3, 0.4) is 0 Å². The highest BCUT2D eigenvalue weighted by atomic mass is 16.6. The smallest absolute Gasteiger partial charge is 0.306 e. The Balaban J connectivity index is 2.86. The number of rotatable bonds is 6. The molecule has 0 saturated carbocycles. The summed E-state index contributed by atoms with van der Waals surface area (Å²) in [5.74, 6) is -0.285. The highest BCUT2D eigenvalue weighted by Gasteiger charge is 2.21. The lowest BCUT2D eigenvalue weighted by atomic mass is 9.96. The lowest BCUT2D eigenvalue weighted by Crippen LogP contribution is -2.17. The number of hydrogen-bond donors (Lipinski definition) is 0. The lowest BCUT2D eigenvalue weighted by molar-refractivity contribution is -0.483. The average molecular weight is 253 g/mol. The van der Waals surface area contributed by atoms with E-state index >= 15 is 0 Å². The summed E-state index contributed by atoms with van der Waals surface area (Å²) in [7, 11) is 2.80. The van der Waals surface area contributed by atoms with Crippen molar-refractivity contribution in [3.63, 3.8) is 0 Å². The van der Waals surface area contributed by atoms with Crippen LogP contribution in [0.4, 0.5) is 0 Å². The van der Waals surface area contributed by atoms with Gasteiger partial charge in [-0.25, -0.2) is 0 Å². The Bertz CT molecular complexity index is 415. The van der Waals surface area contributed by atoms with Gasteiger partial charge in [0.15, 0.2) is 0 Å². The molecule has 0 aliphatic rings. The summed E-state index contributed by atoms with van der Waals surface area (Å²) in [6.45, 7) is -0.304. The van der Waals surface area contributed by atoms with E-state index in [1.807, 2.05) is 0 Å². The van der Waals surface area contributed by atoms with Gasteiger partial charge in [-0.15, -0.1) is 0 Å². The number of nitro groups is 1. The van der Waals surface area contributed by atoms with Gasteiger partial charge in [-0.1, -0.05) is 12.1 Å². The zero-order valence-corrected chi connectivity index (χ0v) is 10.3. The van der Waals surface area contributed by atoms with Gasteiger partial charge < -0.3 is 9.47 Å². The molecule has 0 bridgehead atoms. The van der Waals surface area contributed by atoms with Crippen LogP contribution >= 0.6 is 0 Å². The quantitative estimate of drug-likeness (QED) is 0.437. The fraction of sp³-hybridized carbons (Fsp3) is 0.417. The number of esters is 1. The van der Waals surface area contributed by atoms with Gasteiger partial charge in [0.25, 0.3) is 0 Å². The maximum Gasteiger partial charge on any atom is 0.306 e. The van der Waals surface area contributed by atoms with Crippen LogP contribution in [0.1, 0.15) is 17.9 Å². The zero-order valence-electron chi connectivity index (χ0n) is 10.3. The van der Waals surface area contributed by atoms with E-state index in [9.17, 15) is 14.9 Å². The number of carbonyl (C=O) groups excluding carboxylic acids is 1. The van der Waals surface area contributed by atoms with Gasteiger partial charge in [-0.2, -0.15) is 0 Å². The van der Waals surface area contributed by atoms with Crippen LogP contribution in [0.15, 0.2) is 24.3 Å². The highest BCUT2D eigenvalue weighted by Crippen LogP contribution is 2.23. The standard InChI is InChI=1S/C12H15NO5/c1-17-11-5-3-9(4-6-11)10(8-13(15)16)7-12(14)18-2/h3-6,10H,7-8H2,1-2H3. The molecular formula is C12H15NO5. The largest absolute Gasteiger partial charge is 0.497 e. The second kappa shape index (κ2) is 6.58. The van der Waals surface area contributed by atoms with Crippen molar-refractivity contribution in [1.82, 2.24) is 0 Å². The first-order valence-corrected chi connectivity index (χ1v) is 5.39. The summed E-state index contributed by atoms with van der Waals surface area (Å²) < 4.78 is 9.55. The summed E-state index contributed by atoms with van der Waals surface area (Å²) in [6.07, 6.45) is -0.0101. The Kier molecular flexibility index (Phi) is 5.10. The van der Waals surface area contributed by atoms with E-state index in [1.165, 1.54) is 14.2 Å². The molecule has 18 heavy (non-hydrogen) atoms. The summed E-state index contributed by atoms with van der Waals surface area (Å²) >= 11 is 0.